The van der Waals surface area contributed by atoms with Crippen LogP contribution in [0.4, 0.5) is 0 Å². The fourth-order valence-electron chi connectivity index (χ4n) is 2.33. The summed E-state index contributed by atoms with van der Waals surface area (Å²) in [6, 6.07) is 7.78. The molecule has 9 heteroatoms. The van der Waals surface area contributed by atoms with Crippen molar-refractivity contribution < 1.29 is 18.9 Å². The fraction of sp³-hybridized carbons (Fsp3) is 0.250. The van der Waals surface area contributed by atoms with E-state index in [1.165, 1.54) is 0 Å². The summed E-state index contributed by atoms with van der Waals surface area (Å²) in [7, 11) is 3.62. The van der Waals surface area contributed by atoms with E-state index in [1.807, 2.05) is 24.3 Å². The van der Waals surface area contributed by atoms with Crippen molar-refractivity contribution in [1.82, 2.24) is 0 Å². The molecule has 0 aliphatic heterocycles. The quantitative estimate of drug-likeness (QED) is 0.314. The average molecular weight is 814 g/mol. The molecule has 0 saturated heterocycles. The predicted octanol–water partition coefficient (Wildman–Crippen LogP) is 4.67. The van der Waals surface area contributed by atoms with Crippen LogP contribution in [0.2, 0.25) is 0 Å². The van der Waals surface area contributed by atoms with Crippen molar-refractivity contribution in [1.29, 1.82) is 0 Å². The summed E-state index contributed by atoms with van der Waals surface area (Å²) in [6.07, 6.45) is 0. The molecule has 0 aliphatic carbocycles. The molecule has 138 valence electrons. The van der Waals surface area contributed by atoms with Gasteiger partial charge in [0.2, 0.25) is 0 Å². The molecular formula is C16H16Br2I2O4Te. The van der Waals surface area contributed by atoms with Crippen molar-refractivity contribution in [3.63, 3.8) is 0 Å². The van der Waals surface area contributed by atoms with Crippen LogP contribution in [0.1, 0.15) is 0 Å². The summed E-state index contributed by atoms with van der Waals surface area (Å²) < 4.78 is 26.7. The van der Waals surface area contributed by atoms with Crippen molar-refractivity contribution in [2.45, 2.75) is 0 Å². The summed E-state index contributed by atoms with van der Waals surface area (Å²) in [6.45, 7) is 0. The Labute approximate surface area is 187 Å². The van der Waals surface area contributed by atoms with Crippen LogP contribution in [0.5, 0.6) is 23.0 Å². The molecule has 4 nitrogen and oxygen atoms in total. The molecule has 2 aromatic rings. The van der Waals surface area contributed by atoms with Crippen LogP contribution in [0.3, 0.4) is 0 Å². The summed E-state index contributed by atoms with van der Waals surface area (Å²) in [4.78, 5) is 0. The zero-order chi connectivity index (χ0) is 18.8. The van der Waals surface area contributed by atoms with Crippen LogP contribution in [0.15, 0.2) is 33.2 Å². The van der Waals surface area contributed by atoms with Crippen LogP contribution < -0.4 is 26.2 Å². The van der Waals surface area contributed by atoms with Gasteiger partial charge >= 0.3 is 190 Å². The Bertz CT molecular complexity index is 724. The second kappa shape index (κ2) is 9.37. The van der Waals surface area contributed by atoms with Crippen LogP contribution in [0, 0.1) is 0 Å². The van der Waals surface area contributed by atoms with Gasteiger partial charge in [-0.1, -0.05) is 0 Å². The Kier molecular flexibility index (Phi) is 8.29. The van der Waals surface area contributed by atoms with Crippen molar-refractivity contribution in [3.05, 3.63) is 33.2 Å². The number of ether oxygens (including phenoxy) is 4. The van der Waals surface area contributed by atoms with E-state index in [4.69, 9.17) is 18.9 Å². The fourth-order valence-corrected chi connectivity index (χ4v) is 20.6. The molecule has 0 unspecified atom stereocenters. The summed E-state index contributed by atoms with van der Waals surface area (Å²) in [5.74, 6) is 3.17. The molecule has 25 heavy (non-hydrogen) atoms. The van der Waals surface area contributed by atoms with Gasteiger partial charge in [-0.2, -0.15) is 0 Å². The standard InChI is InChI=1S/C16H16Br2I2O4Te/c1-21-11-7-5-9(17)13(23-3)15(11)25(19,20)16-12(22-2)8-6-10(18)14(16)24-4/h5-8H,1-4H3. The zero-order valence-corrected chi connectivity index (χ0v) is 23.7. The zero-order valence-electron chi connectivity index (χ0n) is 13.9. The Morgan fingerprint density at radius 2 is 1.04 bits per heavy atom. The Morgan fingerprint density at radius 3 is 1.32 bits per heavy atom. The van der Waals surface area contributed by atoms with E-state index in [9.17, 15) is 0 Å². The van der Waals surface area contributed by atoms with Crippen LogP contribution in [-0.2, 0) is 0 Å². The third kappa shape index (κ3) is 4.31. The van der Waals surface area contributed by atoms with Gasteiger partial charge in [-0.05, 0) is 0 Å². The molecule has 0 atom stereocenters. The van der Waals surface area contributed by atoms with Gasteiger partial charge in [0.05, 0.1) is 0 Å². The van der Waals surface area contributed by atoms with E-state index in [0.717, 1.165) is 39.2 Å². The third-order valence-corrected chi connectivity index (χ3v) is 21.6. The van der Waals surface area contributed by atoms with Crippen LogP contribution >= 0.6 is 69.2 Å². The summed E-state index contributed by atoms with van der Waals surface area (Å²) >= 11 is 12.3. The van der Waals surface area contributed by atoms with Crippen molar-refractivity contribution >= 4 is 86.8 Å². The maximum absolute atomic E-state index is 5.72. The molecule has 0 saturated carbocycles. The molecule has 0 heterocycles. The van der Waals surface area contributed by atoms with E-state index in [-0.39, 0.29) is 0 Å². The number of rotatable bonds is 6. The topological polar surface area (TPSA) is 36.9 Å². The summed E-state index contributed by atoms with van der Waals surface area (Å²) in [5.41, 5.74) is 0. The van der Waals surface area contributed by atoms with Gasteiger partial charge in [0, 0.05) is 0 Å². The first-order valence-corrected chi connectivity index (χ1v) is 24.4. The SMILES string of the molecule is COc1ccc(Br)c(OC)c1[Te](I)(I)c1c(OC)ccc(Br)c1OC. The van der Waals surface area contributed by atoms with E-state index in [1.54, 1.807) is 28.4 Å². The molecule has 0 aliphatic rings. The third-order valence-electron chi connectivity index (χ3n) is 3.42. The van der Waals surface area contributed by atoms with Gasteiger partial charge in [-0.15, -0.1) is 0 Å². The first-order chi connectivity index (χ1) is 11.8. The normalized spacial score (nSPS) is 11.8. The van der Waals surface area contributed by atoms with E-state index in [2.05, 4.69) is 69.2 Å². The van der Waals surface area contributed by atoms with Crippen molar-refractivity contribution in [3.8, 4) is 23.0 Å². The number of hydrogen-bond donors (Lipinski definition) is 0. The van der Waals surface area contributed by atoms with Crippen LogP contribution in [0.25, 0.3) is 0 Å². The van der Waals surface area contributed by atoms with Gasteiger partial charge in [0.1, 0.15) is 0 Å². The van der Waals surface area contributed by atoms with E-state index < -0.39 is 10.3 Å². The maximum atomic E-state index is 5.72. The van der Waals surface area contributed by atoms with E-state index in [0.29, 0.717) is 0 Å². The molecule has 2 rings (SSSR count). The molecule has 0 N–H and O–H groups in total. The van der Waals surface area contributed by atoms with Gasteiger partial charge < -0.3 is 0 Å². The second-order valence-corrected chi connectivity index (χ2v) is 40.4. The molecule has 0 aromatic heterocycles. The summed E-state index contributed by atoms with van der Waals surface area (Å²) in [5, 5.41) is 0. The molecule has 0 radical (unpaired) electrons. The Morgan fingerprint density at radius 1 is 0.680 bits per heavy atom. The Balaban J connectivity index is 2.89. The van der Waals surface area contributed by atoms with Gasteiger partial charge in [0.25, 0.3) is 0 Å². The first-order valence-electron chi connectivity index (χ1n) is 6.87. The number of hydrogen-bond acceptors (Lipinski definition) is 4. The molecule has 0 bridgehead atoms. The second-order valence-electron chi connectivity index (χ2n) is 4.69. The molecule has 2 aromatic carbocycles. The molecular weight excluding hydrogens is 797 g/mol. The van der Waals surface area contributed by atoms with Gasteiger partial charge in [-0.25, -0.2) is 0 Å². The number of methoxy groups -OCH3 is 4. The first kappa shape index (κ1) is 22.1. The average Bonchev–Trinajstić information content (AvgIpc) is 2.60. The predicted molar refractivity (Wildman–Crippen MR) is 128 cm³/mol. The Hall–Kier alpha value is 0.850. The van der Waals surface area contributed by atoms with Crippen molar-refractivity contribution in [2.75, 3.05) is 28.4 Å². The molecule has 0 amide bonds. The minimum atomic E-state index is -3.07. The van der Waals surface area contributed by atoms with Crippen molar-refractivity contribution in [2.24, 2.45) is 0 Å². The number of halogens is 4. The monoisotopic (exact) mass is 814 g/mol. The molecule has 0 spiro atoms. The van der Waals surface area contributed by atoms with Crippen LogP contribution in [-0.4, -0.2) is 38.7 Å². The van der Waals surface area contributed by atoms with E-state index >= 15 is 0 Å². The minimum absolute atomic E-state index is 0.786. The molecule has 0 fully saturated rings. The van der Waals surface area contributed by atoms with Gasteiger partial charge in [-0.3, -0.25) is 0 Å². The van der Waals surface area contributed by atoms with Gasteiger partial charge in [0.15, 0.2) is 0 Å². The number of benzene rings is 2.